The van der Waals surface area contributed by atoms with Gasteiger partial charge in [-0.05, 0) is 19.9 Å². The number of methoxy groups -OCH3 is 1. The summed E-state index contributed by atoms with van der Waals surface area (Å²) < 4.78 is 34.5. The van der Waals surface area contributed by atoms with E-state index in [4.69, 9.17) is 4.74 Å². The molecule has 0 radical (unpaired) electrons. The predicted molar refractivity (Wildman–Crippen MR) is 82.4 cm³/mol. The van der Waals surface area contributed by atoms with Crippen LogP contribution >= 0.6 is 0 Å². The Morgan fingerprint density at radius 2 is 1.95 bits per heavy atom. The second-order valence-corrected chi connectivity index (χ2v) is 5.23. The molecule has 0 aromatic heterocycles. The van der Waals surface area contributed by atoms with Crippen molar-refractivity contribution in [1.29, 1.82) is 0 Å². The smallest absolute Gasteiger partial charge is 0.387 e. The second-order valence-electron chi connectivity index (χ2n) is 5.23. The topological polar surface area (TPSA) is 54.9 Å². The summed E-state index contributed by atoms with van der Waals surface area (Å²) in [6, 6.07) is 6.64. The minimum atomic E-state index is -2.85. The Bertz CT molecular complexity index is 493. The molecule has 22 heavy (non-hydrogen) atoms. The normalized spacial score (nSPS) is 12.4. The number of guanidine groups is 1. The molecular weight excluding hydrogens is 292 g/mol. The van der Waals surface area contributed by atoms with Gasteiger partial charge in [0.05, 0.1) is 5.60 Å². The van der Waals surface area contributed by atoms with Gasteiger partial charge in [-0.3, -0.25) is 4.99 Å². The Hall–Kier alpha value is -1.89. The summed E-state index contributed by atoms with van der Waals surface area (Å²) in [5, 5.41) is 6.17. The maximum atomic E-state index is 12.4. The third kappa shape index (κ3) is 6.26. The Labute approximate surface area is 129 Å². The number of aliphatic imine (C=N–C) groups is 1. The van der Waals surface area contributed by atoms with Gasteiger partial charge in [0.15, 0.2) is 5.96 Å². The molecule has 0 bridgehead atoms. The number of hydrogen-bond donors (Lipinski definition) is 2. The molecule has 0 unspecified atom stereocenters. The lowest BCUT2D eigenvalue weighted by atomic mass is 10.1. The summed E-state index contributed by atoms with van der Waals surface area (Å²) in [4.78, 5) is 4.08. The molecule has 0 aliphatic heterocycles. The van der Waals surface area contributed by atoms with Crippen LogP contribution in [0.15, 0.2) is 29.3 Å². The molecule has 1 aromatic rings. The fourth-order valence-electron chi connectivity index (χ4n) is 1.63. The molecule has 0 fully saturated rings. The zero-order chi connectivity index (χ0) is 16.6. The van der Waals surface area contributed by atoms with Crippen LogP contribution in [0.3, 0.4) is 0 Å². The van der Waals surface area contributed by atoms with Gasteiger partial charge in [0.1, 0.15) is 5.75 Å². The van der Waals surface area contributed by atoms with E-state index >= 15 is 0 Å². The van der Waals surface area contributed by atoms with Crippen LogP contribution in [0.2, 0.25) is 0 Å². The number of nitrogens with zero attached hydrogens (tertiary/aromatic N) is 1. The zero-order valence-corrected chi connectivity index (χ0v) is 13.3. The lowest BCUT2D eigenvalue weighted by Gasteiger charge is -2.24. The number of alkyl halides is 2. The first kappa shape index (κ1) is 18.2. The van der Waals surface area contributed by atoms with E-state index in [2.05, 4.69) is 20.4 Å². The van der Waals surface area contributed by atoms with Gasteiger partial charge in [-0.25, -0.2) is 0 Å². The minimum absolute atomic E-state index is 0.151. The summed E-state index contributed by atoms with van der Waals surface area (Å²) in [7, 11) is 3.27. The number of benzene rings is 1. The van der Waals surface area contributed by atoms with E-state index in [1.54, 1.807) is 32.4 Å². The van der Waals surface area contributed by atoms with Gasteiger partial charge in [0.25, 0.3) is 0 Å². The summed E-state index contributed by atoms with van der Waals surface area (Å²) in [6.45, 7) is 1.91. The van der Waals surface area contributed by atoms with Crippen LogP contribution in [0, 0.1) is 0 Å². The summed E-state index contributed by atoms with van der Waals surface area (Å²) in [5.41, 5.74) is 0.283. The third-order valence-corrected chi connectivity index (χ3v) is 3.09. The fraction of sp³-hybridized carbons (Fsp3) is 0.533. The molecule has 0 spiro atoms. The van der Waals surface area contributed by atoms with Gasteiger partial charge in [0.2, 0.25) is 0 Å². The van der Waals surface area contributed by atoms with Gasteiger partial charge in [-0.1, -0.05) is 18.2 Å². The average molecular weight is 315 g/mol. The molecule has 7 heteroatoms. The number of rotatable bonds is 7. The van der Waals surface area contributed by atoms with Crippen molar-refractivity contribution in [2.45, 2.75) is 32.6 Å². The first-order valence-corrected chi connectivity index (χ1v) is 6.90. The number of para-hydroxylation sites is 1. The van der Waals surface area contributed by atoms with Crippen LogP contribution in [0.5, 0.6) is 5.75 Å². The fourth-order valence-corrected chi connectivity index (χ4v) is 1.63. The van der Waals surface area contributed by atoms with Crippen LogP contribution in [0.25, 0.3) is 0 Å². The minimum Gasteiger partial charge on any atom is -0.434 e. The van der Waals surface area contributed by atoms with E-state index in [0.717, 1.165) is 0 Å². The summed E-state index contributed by atoms with van der Waals surface area (Å²) in [5.74, 6) is 0.703. The van der Waals surface area contributed by atoms with Crippen LogP contribution in [0.4, 0.5) is 8.78 Å². The van der Waals surface area contributed by atoms with E-state index in [-0.39, 0.29) is 11.4 Å². The molecule has 0 heterocycles. The van der Waals surface area contributed by atoms with Crippen molar-refractivity contribution in [3.8, 4) is 5.75 Å². The lowest BCUT2D eigenvalue weighted by molar-refractivity contribution is -0.0504. The molecule has 0 saturated heterocycles. The Balaban J connectivity index is 2.60. The van der Waals surface area contributed by atoms with Gasteiger partial charge < -0.3 is 20.1 Å². The van der Waals surface area contributed by atoms with Crippen molar-refractivity contribution in [3.05, 3.63) is 29.8 Å². The standard InChI is InChI=1S/C15H23F2N3O2/c1-15(2,21-4)10-20-14(18-3)19-9-11-7-5-6-8-12(11)22-13(16)17/h5-8,13H,9-10H2,1-4H3,(H2,18,19,20). The first-order valence-electron chi connectivity index (χ1n) is 6.90. The van der Waals surface area contributed by atoms with Crippen molar-refractivity contribution in [1.82, 2.24) is 10.6 Å². The number of nitrogens with one attached hydrogen (secondary N) is 2. The lowest BCUT2D eigenvalue weighted by Crippen LogP contribution is -2.45. The highest BCUT2D eigenvalue weighted by Crippen LogP contribution is 2.19. The van der Waals surface area contributed by atoms with Crippen molar-refractivity contribution in [3.63, 3.8) is 0 Å². The molecule has 0 amide bonds. The number of hydrogen-bond acceptors (Lipinski definition) is 3. The highest BCUT2D eigenvalue weighted by molar-refractivity contribution is 5.79. The zero-order valence-electron chi connectivity index (χ0n) is 13.3. The summed E-state index contributed by atoms with van der Waals surface area (Å²) >= 11 is 0. The molecule has 0 saturated carbocycles. The Morgan fingerprint density at radius 3 is 2.55 bits per heavy atom. The van der Waals surface area contributed by atoms with Crippen LogP contribution in [0.1, 0.15) is 19.4 Å². The molecule has 1 rings (SSSR count). The van der Waals surface area contributed by atoms with E-state index in [1.165, 1.54) is 6.07 Å². The van der Waals surface area contributed by atoms with Gasteiger partial charge >= 0.3 is 6.61 Å². The molecule has 0 atom stereocenters. The van der Waals surface area contributed by atoms with E-state index < -0.39 is 6.61 Å². The molecule has 2 N–H and O–H groups in total. The monoisotopic (exact) mass is 315 g/mol. The van der Waals surface area contributed by atoms with Crippen molar-refractivity contribution >= 4 is 5.96 Å². The third-order valence-electron chi connectivity index (χ3n) is 3.09. The second kappa shape index (κ2) is 8.53. The van der Waals surface area contributed by atoms with Crippen LogP contribution < -0.4 is 15.4 Å². The number of halogens is 2. The highest BCUT2D eigenvalue weighted by Gasteiger charge is 2.16. The first-order chi connectivity index (χ1) is 10.4. The SMILES string of the molecule is CN=C(NCc1ccccc1OC(F)F)NCC(C)(C)OC. The summed E-state index contributed by atoms with van der Waals surface area (Å²) in [6.07, 6.45) is 0. The molecule has 5 nitrogen and oxygen atoms in total. The van der Waals surface area contributed by atoms with Crippen molar-refractivity contribution in [2.75, 3.05) is 20.7 Å². The van der Waals surface area contributed by atoms with Crippen molar-refractivity contribution < 1.29 is 18.3 Å². The molecule has 124 valence electrons. The quantitative estimate of drug-likeness (QED) is 0.599. The maximum Gasteiger partial charge on any atom is 0.387 e. The van der Waals surface area contributed by atoms with E-state index in [1.807, 2.05) is 13.8 Å². The van der Waals surface area contributed by atoms with Gasteiger partial charge in [-0.15, -0.1) is 0 Å². The van der Waals surface area contributed by atoms with E-state index in [9.17, 15) is 8.78 Å². The Kier molecular flexibility index (Phi) is 7.04. The van der Waals surface area contributed by atoms with Gasteiger partial charge in [-0.2, -0.15) is 8.78 Å². The maximum absolute atomic E-state index is 12.4. The average Bonchev–Trinajstić information content (AvgIpc) is 2.48. The van der Waals surface area contributed by atoms with E-state index in [0.29, 0.717) is 24.6 Å². The van der Waals surface area contributed by atoms with Gasteiger partial charge in [0, 0.05) is 32.8 Å². The highest BCUT2D eigenvalue weighted by atomic mass is 19.3. The molecule has 0 aliphatic rings. The molecule has 1 aromatic carbocycles. The number of ether oxygens (including phenoxy) is 2. The molecular formula is C15H23F2N3O2. The van der Waals surface area contributed by atoms with Crippen molar-refractivity contribution in [2.24, 2.45) is 4.99 Å². The molecule has 0 aliphatic carbocycles. The predicted octanol–water partition coefficient (Wildman–Crippen LogP) is 2.38. The largest absolute Gasteiger partial charge is 0.434 e. The van der Waals surface area contributed by atoms with Crippen LogP contribution in [-0.4, -0.2) is 38.9 Å². The Morgan fingerprint density at radius 1 is 1.27 bits per heavy atom. The van der Waals surface area contributed by atoms with Crippen LogP contribution in [-0.2, 0) is 11.3 Å².